The van der Waals surface area contributed by atoms with Crippen molar-refractivity contribution in [1.29, 1.82) is 0 Å². The molecule has 0 radical (unpaired) electrons. The molecule has 0 aliphatic heterocycles. The molecule has 9 heteroatoms. The molecule has 1 aromatic rings. The van der Waals surface area contributed by atoms with Crippen LogP contribution in [0.25, 0.3) is 0 Å². The van der Waals surface area contributed by atoms with Crippen LogP contribution < -0.4 is 4.74 Å². The van der Waals surface area contributed by atoms with Gasteiger partial charge in [0.05, 0.1) is 0 Å². The van der Waals surface area contributed by atoms with Crippen molar-refractivity contribution in [3.8, 4) is 17.2 Å². The Labute approximate surface area is 124 Å². The Morgan fingerprint density at radius 1 is 1.37 bits per heavy atom. The molecule has 0 bridgehead atoms. The molecule has 0 aliphatic carbocycles. The molecule has 0 unspecified atom stereocenters. The molecule has 0 aliphatic rings. The van der Waals surface area contributed by atoms with E-state index in [1.165, 1.54) is 0 Å². The average Bonchev–Trinajstić information content (AvgIpc) is 2.27. The van der Waals surface area contributed by atoms with Crippen molar-refractivity contribution in [1.82, 2.24) is 0 Å². The highest BCUT2D eigenvalue weighted by atomic mass is 79.9. The van der Waals surface area contributed by atoms with Crippen LogP contribution in [0.4, 0.5) is 13.2 Å². The van der Waals surface area contributed by atoms with Gasteiger partial charge < -0.3 is 14.9 Å². The lowest BCUT2D eigenvalue weighted by atomic mass is 10.1. The average molecular weight is 382 g/mol. The minimum absolute atomic E-state index is 0.173. The van der Waals surface area contributed by atoms with Crippen LogP contribution >= 0.6 is 39.1 Å². The number of aromatic hydroxyl groups is 2. The fourth-order valence-corrected chi connectivity index (χ4v) is 1.81. The van der Waals surface area contributed by atoms with E-state index in [0.29, 0.717) is 6.07 Å². The molecular weight excluding hydrogens is 376 g/mol. The molecule has 0 amide bonds. The number of hydrogen-bond donors (Lipinski definition) is 2. The smallest absolute Gasteiger partial charge is 0.420 e. The Bertz CT molecular complexity index is 514. The summed E-state index contributed by atoms with van der Waals surface area (Å²) in [5.74, 6) is -2.35. The van der Waals surface area contributed by atoms with E-state index in [1.54, 1.807) is 0 Å². The van der Waals surface area contributed by atoms with E-state index in [4.69, 9.17) is 27.9 Å². The molecule has 1 aromatic carbocycles. The molecule has 0 spiro atoms. The third-order valence-corrected chi connectivity index (χ3v) is 2.99. The SMILES string of the molecule is Oc1cc(C(F)(F)F)c(OCC=C(Cl)Cl)c(Br)c1O. The number of benzene rings is 1. The van der Waals surface area contributed by atoms with Crippen molar-refractivity contribution in [3.05, 3.63) is 26.7 Å². The number of hydrogen-bond acceptors (Lipinski definition) is 3. The van der Waals surface area contributed by atoms with E-state index >= 15 is 0 Å². The van der Waals surface area contributed by atoms with Crippen LogP contribution in [-0.2, 0) is 6.18 Å². The van der Waals surface area contributed by atoms with Gasteiger partial charge in [0.25, 0.3) is 0 Å². The molecule has 0 saturated heterocycles. The summed E-state index contributed by atoms with van der Waals surface area (Å²) in [5, 5.41) is 18.6. The minimum Gasteiger partial charge on any atom is -0.504 e. The fourth-order valence-electron chi connectivity index (χ4n) is 1.15. The zero-order valence-electron chi connectivity index (χ0n) is 8.93. The Kier molecular flexibility index (Phi) is 5.23. The summed E-state index contributed by atoms with van der Waals surface area (Å²) in [5.41, 5.74) is -1.24. The van der Waals surface area contributed by atoms with Gasteiger partial charge in [-0.15, -0.1) is 0 Å². The maximum atomic E-state index is 12.8. The number of halogens is 6. The zero-order chi connectivity index (χ0) is 14.8. The monoisotopic (exact) mass is 380 g/mol. The van der Waals surface area contributed by atoms with Crippen molar-refractivity contribution in [2.24, 2.45) is 0 Å². The summed E-state index contributed by atoms with van der Waals surface area (Å²) < 4.78 is 42.6. The normalized spacial score (nSPS) is 11.3. The maximum absolute atomic E-state index is 12.8. The Morgan fingerprint density at radius 2 is 1.95 bits per heavy atom. The van der Waals surface area contributed by atoms with Gasteiger partial charge in [0, 0.05) is 0 Å². The lowest BCUT2D eigenvalue weighted by molar-refractivity contribution is -0.139. The van der Waals surface area contributed by atoms with Crippen molar-refractivity contribution in [2.75, 3.05) is 6.61 Å². The number of alkyl halides is 3. The van der Waals surface area contributed by atoms with Crippen LogP contribution in [0.5, 0.6) is 17.2 Å². The fraction of sp³-hybridized carbons (Fsp3) is 0.200. The number of phenols is 2. The van der Waals surface area contributed by atoms with Crippen molar-refractivity contribution < 1.29 is 28.1 Å². The van der Waals surface area contributed by atoms with Crippen molar-refractivity contribution in [2.45, 2.75) is 6.18 Å². The van der Waals surface area contributed by atoms with Gasteiger partial charge in [-0.1, -0.05) is 23.2 Å². The molecule has 3 nitrogen and oxygen atoms in total. The first-order valence-electron chi connectivity index (χ1n) is 4.60. The molecule has 1 rings (SSSR count). The highest BCUT2D eigenvalue weighted by molar-refractivity contribution is 9.10. The third kappa shape index (κ3) is 4.09. The lowest BCUT2D eigenvalue weighted by Gasteiger charge is -2.16. The van der Waals surface area contributed by atoms with Gasteiger partial charge in [0.2, 0.25) is 0 Å². The van der Waals surface area contributed by atoms with Gasteiger partial charge in [-0.25, -0.2) is 0 Å². The van der Waals surface area contributed by atoms with Gasteiger partial charge in [0.15, 0.2) is 11.5 Å². The van der Waals surface area contributed by atoms with E-state index in [9.17, 15) is 23.4 Å². The molecule has 0 aromatic heterocycles. The largest absolute Gasteiger partial charge is 0.504 e. The van der Waals surface area contributed by atoms with Crippen LogP contribution in [0.15, 0.2) is 21.1 Å². The number of phenolic OH excluding ortho intramolecular Hbond substituents is 2. The first kappa shape index (κ1) is 16.3. The second-order valence-electron chi connectivity index (χ2n) is 3.24. The van der Waals surface area contributed by atoms with E-state index in [1.807, 2.05) is 0 Å². The van der Waals surface area contributed by atoms with Crippen molar-refractivity contribution >= 4 is 39.1 Å². The second-order valence-corrected chi connectivity index (χ2v) is 5.04. The molecule has 0 atom stereocenters. The molecule has 19 heavy (non-hydrogen) atoms. The zero-order valence-corrected chi connectivity index (χ0v) is 12.0. The summed E-state index contributed by atoms with van der Waals surface area (Å²) in [7, 11) is 0. The first-order valence-corrected chi connectivity index (χ1v) is 6.15. The molecule has 2 N–H and O–H groups in total. The Morgan fingerprint density at radius 3 is 2.42 bits per heavy atom. The van der Waals surface area contributed by atoms with Gasteiger partial charge >= 0.3 is 6.18 Å². The highest BCUT2D eigenvalue weighted by Crippen LogP contribution is 2.48. The third-order valence-electron chi connectivity index (χ3n) is 1.95. The van der Waals surface area contributed by atoms with Crippen LogP contribution in [0.1, 0.15) is 5.56 Å². The molecular formula is C10H6BrCl2F3O3. The molecule has 0 fully saturated rings. The minimum atomic E-state index is -4.77. The van der Waals surface area contributed by atoms with Gasteiger partial charge in [0.1, 0.15) is 26.9 Å². The summed E-state index contributed by atoms with van der Waals surface area (Å²) >= 11 is 13.3. The highest BCUT2D eigenvalue weighted by Gasteiger charge is 2.37. The summed E-state index contributed by atoms with van der Waals surface area (Å²) in [6.45, 7) is -0.339. The van der Waals surface area contributed by atoms with E-state index in [2.05, 4.69) is 15.9 Å². The van der Waals surface area contributed by atoms with E-state index in [0.717, 1.165) is 6.08 Å². The van der Waals surface area contributed by atoms with Crippen molar-refractivity contribution in [3.63, 3.8) is 0 Å². The molecule has 106 valence electrons. The maximum Gasteiger partial charge on any atom is 0.420 e. The standard InChI is InChI=1S/C10H6BrCl2F3O3/c11-7-8(18)5(17)3-4(10(14,15)16)9(7)19-2-1-6(12)13/h1,3,17-18H,2H2. The Balaban J connectivity index is 3.26. The van der Waals surface area contributed by atoms with Crippen LogP contribution in [0, 0.1) is 0 Å². The van der Waals surface area contributed by atoms with E-state index < -0.39 is 33.5 Å². The Hall–Kier alpha value is -0.790. The predicted molar refractivity (Wildman–Crippen MR) is 67.8 cm³/mol. The van der Waals surface area contributed by atoms with Gasteiger partial charge in [-0.3, -0.25) is 0 Å². The van der Waals surface area contributed by atoms with Crippen LogP contribution in [0.2, 0.25) is 0 Å². The van der Waals surface area contributed by atoms with E-state index in [-0.39, 0.29) is 11.1 Å². The number of rotatable bonds is 3. The molecule has 0 heterocycles. The summed E-state index contributed by atoms with van der Waals surface area (Å²) in [6.07, 6.45) is -3.64. The number of ether oxygens (including phenoxy) is 1. The van der Waals surface area contributed by atoms with Gasteiger partial charge in [-0.05, 0) is 28.1 Å². The first-order chi connectivity index (χ1) is 8.64. The predicted octanol–water partition coefficient (Wildman–Crippen LogP) is 4.58. The molecule has 0 saturated carbocycles. The lowest BCUT2D eigenvalue weighted by Crippen LogP contribution is -2.09. The quantitative estimate of drug-likeness (QED) is 0.753. The van der Waals surface area contributed by atoms with Crippen LogP contribution in [0.3, 0.4) is 0 Å². The van der Waals surface area contributed by atoms with Gasteiger partial charge in [-0.2, -0.15) is 13.2 Å². The topological polar surface area (TPSA) is 49.7 Å². The summed E-state index contributed by atoms with van der Waals surface area (Å²) in [6, 6.07) is 0.363. The second kappa shape index (κ2) is 6.11. The summed E-state index contributed by atoms with van der Waals surface area (Å²) in [4.78, 5) is 0. The van der Waals surface area contributed by atoms with Crippen LogP contribution in [-0.4, -0.2) is 16.8 Å².